The van der Waals surface area contributed by atoms with Crippen molar-refractivity contribution in [2.45, 2.75) is 13.8 Å². The summed E-state index contributed by atoms with van der Waals surface area (Å²) in [7, 11) is 0. The number of amides is 1. The van der Waals surface area contributed by atoms with Crippen LogP contribution >= 0.6 is 11.6 Å². The summed E-state index contributed by atoms with van der Waals surface area (Å²) in [5.74, 6) is 0.0366. The molecule has 76 valence electrons. The highest BCUT2D eigenvalue weighted by molar-refractivity contribution is 6.28. The van der Waals surface area contributed by atoms with Crippen molar-refractivity contribution in [2.75, 3.05) is 11.2 Å². The second kappa shape index (κ2) is 4.10. The van der Waals surface area contributed by atoms with Crippen LogP contribution in [0.3, 0.4) is 0 Å². The van der Waals surface area contributed by atoms with Gasteiger partial charge in [-0.1, -0.05) is 0 Å². The Labute approximate surface area is 85.8 Å². The van der Waals surface area contributed by atoms with Gasteiger partial charge in [0.15, 0.2) is 5.82 Å². The third-order valence-electron chi connectivity index (χ3n) is 1.47. The number of halogens is 1. The minimum atomic E-state index is -0.253. The van der Waals surface area contributed by atoms with Gasteiger partial charge in [0.1, 0.15) is 0 Å². The van der Waals surface area contributed by atoms with Gasteiger partial charge in [0.05, 0.1) is 11.4 Å². The zero-order valence-corrected chi connectivity index (χ0v) is 8.51. The first-order chi connectivity index (χ1) is 6.50. The number of carbonyl (C=O) groups excluding carboxylic acids is 1. The van der Waals surface area contributed by atoms with E-state index in [1.165, 1.54) is 6.92 Å². The molecular weight excluding hydrogens is 206 g/mol. The SMILES string of the molecule is CC(=O)NNc1nc(Cl)nc(C)c1N. The third kappa shape index (κ3) is 2.46. The van der Waals surface area contributed by atoms with E-state index >= 15 is 0 Å². The number of nitrogen functional groups attached to an aromatic ring is 1. The molecular formula is C7H10ClN5O. The molecule has 1 rings (SSSR count). The van der Waals surface area contributed by atoms with E-state index < -0.39 is 0 Å². The number of hydrogen-bond acceptors (Lipinski definition) is 5. The summed E-state index contributed by atoms with van der Waals surface area (Å²) in [6.45, 7) is 3.06. The second-order valence-electron chi connectivity index (χ2n) is 2.65. The fourth-order valence-corrected chi connectivity index (χ4v) is 1.00. The summed E-state index contributed by atoms with van der Waals surface area (Å²) < 4.78 is 0. The van der Waals surface area contributed by atoms with Crippen molar-refractivity contribution in [3.63, 3.8) is 0 Å². The number of rotatable bonds is 2. The van der Waals surface area contributed by atoms with Crippen LogP contribution in [0, 0.1) is 6.92 Å². The lowest BCUT2D eigenvalue weighted by Crippen LogP contribution is -2.28. The van der Waals surface area contributed by atoms with Crippen LogP contribution in [0.5, 0.6) is 0 Å². The van der Waals surface area contributed by atoms with Crippen LogP contribution in [0.2, 0.25) is 5.28 Å². The zero-order valence-electron chi connectivity index (χ0n) is 7.76. The Morgan fingerprint density at radius 2 is 2.14 bits per heavy atom. The average Bonchev–Trinajstić information content (AvgIpc) is 2.08. The molecule has 0 saturated heterocycles. The van der Waals surface area contributed by atoms with Gasteiger partial charge in [-0.15, -0.1) is 0 Å². The lowest BCUT2D eigenvalue weighted by Gasteiger charge is -2.09. The van der Waals surface area contributed by atoms with Gasteiger partial charge in [-0.3, -0.25) is 15.6 Å². The van der Waals surface area contributed by atoms with Gasteiger partial charge in [0.2, 0.25) is 11.2 Å². The summed E-state index contributed by atoms with van der Waals surface area (Å²) in [6.07, 6.45) is 0. The Bertz CT molecular complexity index is 367. The molecule has 0 bridgehead atoms. The molecule has 1 aromatic rings. The monoisotopic (exact) mass is 215 g/mol. The quantitative estimate of drug-likeness (QED) is 0.493. The predicted octanol–water partition coefficient (Wildman–Crippen LogP) is 0.484. The molecule has 0 aliphatic rings. The van der Waals surface area contributed by atoms with Crippen molar-refractivity contribution in [2.24, 2.45) is 0 Å². The van der Waals surface area contributed by atoms with E-state index in [1.54, 1.807) is 6.92 Å². The summed E-state index contributed by atoms with van der Waals surface area (Å²) in [5, 5.41) is 0.0737. The molecule has 0 aromatic carbocycles. The van der Waals surface area contributed by atoms with Crippen LogP contribution < -0.4 is 16.6 Å². The van der Waals surface area contributed by atoms with Crippen molar-refractivity contribution in [3.8, 4) is 0 Å². The Hall–Kier alpha value is -1.56. The van der Waals surface area contributed by atoms with Crippen LogP contribution in [0.1, 0.15) is 12.6 Å². The van der Waals surface area contributed by atoms with Crippen molar-refractivity contribution < 1.29 is 4.79 Å². The Morgan fingerprint density at radius 3 is 2.71 bits per heavy atom. The van der Waals surface area contributed by atoms with E-state index in [0.29, 0.717) is 11.4 Å². The maximum absolute atomic E-state index is 10.6. The topological polar surface area (TPSA) is 92.9 Å². The van der Waals surface area contributed by atoms with Gasteiger partial charge in [-0.05, 0) is 18.5 Å². The molecule has 14 heavy (non-hydrogen) atoms. The van der Waals surface area contributed by atoms with Crippen LogP contribution in [0.4, 0.5) is 11.5 Å². The molecule has 0 radical (unpaired) electrons. The van der Waals surface area contributed by atoms with E-state index in [4.69, 9.17) is 17.3 Å². The van der Waals surface area contributed by atoms with Gasteiger partial charge in [0.25, 0.3) is 0 Å². The van der Waals surface area contributed by atoms with E-state index in [0.717, 1.165) is 0 Å². The summed E-state index contributed by atoms with van der Waals surface area (Å²) in [5.41, 5.74) is 11.4. The molecule has 0 fully saturated rings. The normalized spacial score (nSPS) is 9.64. The van der Waals surface area contributed by atoms with E-state index in [2.05, 4.69) is 20.8 Å². The molecule has 0 aliphatic carbocycles. The molecule has 7 heteroatoms. The first-order valence-corrected chi connectivity index (χ1v) is 4.20. The number of anilines is 2. The summed E-state index contributed by atoms with van der Waals surface area (Å²) in [6, 6.07) is 0. The molecule has 4 N–H and O–H groups in total. The number of nitrogens with two attached hydrogens (primary N) is 1. The number of aryl methyl sites for hydroxylation is 1. The Balaban J connectivity index is 2.90. The molecule has 0 atom stereocenters. The second-order valence-corrected chi connectivity index (χ2v) is 2.98. The molecule has 0 aliphatic heterocycles. The first-order valence-electron chi connectivity index (χ1n) is 3.83. The smallest absolute Gasteiger partial charge is 0.235 e. The molecule has 1 amide bonds. The predicted molar refractivity (Wildman–Crippen MR) is 53.6 cm³/mol. The number of nitrogens with one attached hydrogen (secondary N) is 2. The minimum Gasteiger partial charge on any atom is -0.394 e. The molecule has 0 unspecified atom stereocenters. The highest BCUT2D eigenvalue weighted by Crippen LogP contribution is 2.19. The zero-order chi connectivity index (χ0) is 10.7. The molecule has 1 heterocycles. The Kier molecular flexibility index (Phi) is 3.08. The van der Waals surface area contributed by atoms with E-state index in [9.17, 15) is 4.79 Å². The number of hydrazine groups is 1. The van der Waals surface area contributed by atoms with Crippen molar-refractivity contribution in [3.05, 3.63) is 11.0 Å². The summed E-state index contributed by atoms with van der Waals surface area (Å²) >= 11 is 5.61. The van der Waals surface area contributed by atoms with Gasteiger partial charge >= 0.3 is 0 Å². The van der Waals surface area contributed by atoms with Gasteiger partial charge in [-0.25, -0.2) is 4.98 Å². The number of carbonyl (C=O) groups is 1. The molecule has 1 aromatic heterocycles. The lowest BCUT2D eigenvalue weighted by atomic mass is 10.3. The van der Waals surface area contributed by atoms with Crippen LogP contribution in [0.25, 0.3) is 0 Å². The van der Waals surface area contributed by atoms with Crippen LogP contribution in [-0.2, 0) is 4.79 Å². The third-order valence-corrected chi connectivity index (χ3v) is 1.63. The largest absolute Gasteiger partial charge is 0.394 e. The van der Waals surface area contributed by atoms with E-state index in [1.807, 2.05) is 0 Å². The summed E-state index contributed by atoms with van der Waals surface area (Å²) in [4.78, 5) is 18.3. The maximum Gasteiger partial charge on any atom is 0.235 e. The fraction of sp³-hybridized carbons (Fsp3) is 0.286. The lowest BCUT2D eigenvalue weighted by molar-refractivity contribution is -0.118. The molecule has 6 nitrogen and oxygen atoms in total. The van der Waals surface area contributed by atoms with Crippen molar-refractivity contribution >= 4 is 29.0 Å². The van der Waals surface area contributed by atoms with Gasteiger partial charge < -0.3 is 5.73 Å². The van der Waals surface area contributed by atoms with Gasteiger partial charge in [0, 0.05) is 6.92 Å². The van der Waals surface area contributed by atoms with Crippen molar-refractivity contribution in [1.29, 1.82) is 0 Å². The number of nitrogens with zero attached hydrogens (tertiary/aromatic N) is 2. The maximum atomic E-state index is 10.6. The number of aromatic nitrogens is 2. The Morgan fingerprint density at radius 1 is 1.50 bits per heavy atom. The molecule has 0 spiro atoms. The minimum absolute atomic E-state index is 0.0737. The molecule has 0 saturated carbocycles. The van der Waals surface area contributed by atoms with Crippen molar-refractivity contribution in [1.82, 2.24) is 15.4 Å². The number of hydrogen-bond donors (Lipinski definition) is 3. The standard InChI is InChI=1S/C7H10ClN5O/c1-3-5(9)6(11-7(8)10-3)13-12-4(2)14/h9H2,1-2H3,(H,12,14)(H,10,11,13). The highest BCUT2D eigenvalue weighted by atomic mass is 35.5. The van der Waals surface area contributed by atoms with Gasteiger partial charge in [-0.2, -0.15) is 4.98 Å². The first kappa shape index (κ1) is 10.5. The highest BCUT2D eigenvalue weighted by Gasteiger charge is 2.07. The fourth-order valence-electron chi connectivity index (χ4n) is 0.790. The van der Waals surface area contributed by atoms with Crippen LogP contribution in [-0.4, -0.2) is 15.9 Å². The van der Waals surface area contributed by atoms with Crippen LogP contribution in [0.15, 0.2) is 0 Å². The van der Waals surface area contributed by atoms with E-state index in [-0.39, 0.29) is 17.0 Å². The average molecular weight is 216 g/mol.